The molecular weight excluding hydrogens is 242 g/mol. The number of halogens is 2. The SMILES string of the molecule is CCOC(=O)Cc1nc(C)cc(C(F)F)c1C#N. The number of alkyl halides is 2. The quantitative estimate of drug-likeness (QED) is 0.773. The largest absolute Gasteiger partial charge is 0.466 e. The van der Waals surface area contributed by atoms with Crippen molar-refractivity contribution in [1.82, 2.24) is 4.98 Å². The van der Waals surface area contributed by atoms with Crippen LogP contribution in [0.4, 0.5) is 8.78 Å². The average molecular weight is 254 g/mol. The number of rotatable bonds is 4. The van der Waals surface area contributed by atoms with Crippen molar-refractivity contribution in [2.75, 3.05) is 6.61 Å². The molecule has 0 aliphatic rings. The smallest absolute Gasteiger partial charge is 0.311 e. The monoisotopic (exact) mass is 254 g/mol. The van der Waals surface area contributed by atoms with Crippen molar-refractivity contribution in [1.29, 1.82) is 5.26 Å². The zero-order valence-electron chi connectivity index (χ0n) is 10.0. The molecule has 96 valence electrons. The van der Waals surface area contributed by atoms with Crippen molar-refractivity contribution >= 4 is 5.97 Å². The molecule has 1 aromatic heterocycles. The van der Waals surface area contributed by atoms with Gasteiger partial charge in [-0.05, 0) is 19.9 Å². The average Bonchev–Trinajstić information content (AvgIpc) is 2.28. The third-order valence-electron chi connectivity index (χ3n) is 2.22. The van der Waals surface area contributed by atoms with Crippen molar-refractivity contribution in [3.05, 3.63) is 28.6 Å². The minimum Gasteiger partial charge on any atom is -0.466 e. The first-order valence-electron chi connectivity index (χ1n) is 5.33. The van der Waals surface area contributed by atoms with Crippen LogP contribution < -0.4 is 0 Å². The Labute approximate surface area is 103 Å². The summed E-state index contributed by atoms with van der Waals surface area (Å²) in [4.78, 5) is 15.3. The molecule has 0 aliphatic carbocycles. The van der Waals surface area contributed by atoms with Crippen LogP contribution >= 0.6 is 0 Å². The third kappa shape index (κ3) is 3.23. The lowest BCUT2D eigenvalue weighted by atomic mass is 10.0. The van der Waals surface area contributed by atoms with E-state index in [9.17, 15) is 13.6 Å². The molecule has 0 bridgehead atoms. The zero-order chi connectivity index (χ0) is 13.7. The first kappa shape index (κ1) is 14.0. The molecule has 0 saturated carbocycles. The zero-order valence-corrected chi connectivity index (χ0v) is 10.0. The lowest BCUT2D eigenvalue weighted by Gasteiger charge is -2.09. The minimum atomic E-state index is -2.78. The second-order valence-electron chi connectivity index (χ2n) is 3.57. The van der Waals surface area contributed by atoms with Crippen LogP contribution in [0, 0.1) is 18.3 Å². The van der Waals surface area contributed by atoms with Gasteiger partial charge in [-0.1, -0.05) is 0 Å². The summed E-state index contributed by atoms with van der Waals surface area (Å²) < 4.78 is 30.2. The summed E-state index contributed by atoms with van der Waals surface area (Å²) in [5, 5.41) is 8.91. The molecule has 1 aromatic rings. The van der Waals surface area contributed by atoms with Crippen LogP contribution in [0.5, 0.6) is 0 Å². The first-order chi connectivity index (χ1) is 8.49. The number of esters is 1. The highest BCUT2D eigenvalue weighted by atomic mass is 19.3. The van der Waals surface area contributed by atoms with Gasteiger partial charge in [0.05, 0.1) is 24.3 Å². The van der Waals surface area contributed by atoms with Gasteiger partial charge in [0.1, 0.15) is 6.07 Å². The van der Waals surface area contributed by atoms with Crippen LogP contribution in [0.2, 0.25) is 0 Å². The van der Waals surface area contributed by atoms with E-state index >= 15 is 0 Å². The van der Waals surface area contributed by atoms with Crippen LogP contribution in [-0.2, 0) is 16.0 Å². The van der Waals surface area contributed by atoms with E-state index < -0.39 is 18.0 Å². The molecule has 18 heavy (non-hydrogen) atoms. The molecule has 0 amide bonds. The molecule has 1 heterocycles. The van der Waals surface area contributed by atoms with E-state index in [4.69, 9.17) is 10.00 Å². The second-order valence-corrected chi connectivity index (χ2v) is 3.57. The highest BCUT2D eigenvalue weighted by Gasteiger charge is 2.20. The molecule has 0 saturated heterocycles. The Bertz CT molecular complexity index is 496. The Morgan fingerprint density at radius 1 is 1.61 bits per heavy atom. The van der Waals surface area contributed by atoms with Crippen molar-refractivity contribution in [3.63, 3.8) is 0 Å². The van der Waals surface area contributed by atoms with E-state index in [2.05, 4.69) is 4.98 Å². The fraction of sp³-hybridized carbons (Fsp3) is 0.417. The molecule has 0 aliphatic heterocycles. The standard InChI is InChI=1S/C12H12F2N2O2/c1-3-18-11(17)5-10-9(6-15)8(12(13)14)4-7(2)16-10/h4,12H,3,5H2,1-2H3. The van der Waals surface area contributed by atoms with Crippen LogP contribution in [0.15, 0.2) is 6.07 Å². The first-order valence-corrected chi connectivity index (χ1v) is 5.33. The molecule has 0 aromatic carbocycles. The van der Waals surface area contributed by atoms with Gasteiger partial charge in [0.2, 0.25) is 0 Å². The van der Waals surface area contributed by atoms with Crippen LogP contribution in [0.3, 0.4) is 0 Å². The molecular formula is C12H12F2N2O2. The molecule has 0 unspecified atom stereocenters. The van der Waals surface area contributed by atoms with Crippen molar-refractivity contribution in [2.24, 2.45) is 0 Å². The molecule has 1 rings (SSSR count). The third-order valence-corrected chi connectivity index (χ3v) is 2.22. The minimum absolute atomic E-state index is 0.0336. The number of aryl methyl sites for hydroxylation is 1. The Morgan fingerprint density at radius 3 is 2.78 bits per heavy atom. The summed E-state index contributed by atoms with van der Waals surface area (Å²) in [6.45, 7) is 3.35. The Kier molecular flexibility index (Phi) is 4.72. The van der Waals surface area contributed by atoms with Crippen molar-refractivity contribution < 1.29 is 18.3 Å². The van der Waals surface area contributed by atoms with Gasteiger partial charge in [0.15, 0.2) is 0 Å². The van der Waals surface area contributed by atoms with Crippen molar-refractivity contribution in [3.8, 4) is 6.07 Å². The maximum absolute atomic E-state index is 12.8. The van der Waals surface area contributed by atoms with E-state index in [1.54, 1.807) is 13.0 Å². The van der Waals surface area contributed by atoms with Gasteiger partial charge in [-0.15, -0.1) is 0 Å². The summed E-state index contributed by atoms with van der Waals surface area (Å²) in [6, 6.07) is 2.82. The van der Waals surface area contributed by atoms with E-state index in [0.29, 0.717) is 5.69 Å². The summed E-state index contributed by atoms with van der Waals surface area (Å²) in [5.74, 6) is -0.590. The molecule has 0 spiro atoms. The molecule has 6 heteroatoms. The topological polar surface area (TPSA) is 63.0 Å². The number of carbonyl (C=O) groups is 1. The lowest BCUT2D eigenvalue weighted by Crippen LogP contribution is -2.12. The van der Waals surface area contributed by atoms with Crippen molar-refractivity contribution in [2.45, 2.75) is 26.7 Å². The number of nitriles is 1. The van der Waals surface area contributed by atoms with Crippen LogP contribution in [-0.4, -0.2) is 17.6 Å². The molecule has 0 radical (unpaired) electrons. The molecule has 0 fully saturated rings. The van der Waals surface area contributed by atoms with E-state index in [1.807, 2.05) is 0 Å². The highest BCUT2D eigenvalue weighted by molar-refractivity contribution is 5.73. The fourth-order valence-electron chi connectivity index (χ4n) is 1.54. The normalized spacial score (nSPS) is 10.2. The fourth-order valence-corrected chi connectivity index (χ4v) is 1.54. The second kappa shape index (κ2) is 6.05. The Hall–Kier alpha value is -2.03. The number of pyridine rings is 1. The maximum atomic E-state index is 12.8. The van der Waals surface area contributed by atoms with E-state index in [1.165, 1.54) is 6.92 Å². The number of ether oxygens (including phenoxy) is 1. The number of nitrogens with zero attached hydrogens (tertiary/aromatic N) is 2. The van der Waals surface area contributed by atoms with E-state index in [0.717, 1.165) is 6.07 Å². The molecule has 0 N–H and O–H groups in total. The maximum Gasteiger partial charge on any atom is 0.311 e. The molecule has 4 nitrogen and oxygen atoms in total. The highest BCUT2D eigenvalue weighted by Crippen LogP contribution is 2.25. The summed E-state index contributed by atoms with van der Waals surface area (Å²) in [7, 11) is 0. The lowest BCUT2D eigenvalue weighted by molar-refractivity contribution is -0.142. The van der Waals surface area contributed by atoms with Crippen LogP contribution in [0.1, 0.15) is 35.9 Å². The van der Waals surface area contributed by atoms with Gasteiger partial charge in [-0.25, -0.2) is 8.78 Å². The Morgan fingerprint density at radius 2 is 2.28 bits per heavy atom. The Balaban J connectivity index is 3.18. The number of carbonyl (C=O) groups excluding carboxylic acids is 1. The number of hydrogen-bond acceptors (Lipinski definition) is 4. The van der Waals surface area contributed by atoms with Gasteiger partial charge in [0, 0.05) is 11.3 Å². The van der Waals surface area contributed by atoms with Gasteiger partial charge in [-0.3, -0.25) is 9.78 Å². The van der Waals surface area contributed by atoms with E-state index in [-0.39, 0.29) is 24.3 Å². The summed E-state index contributed by atoms with van der Waals surface area (Å²) in [6.07, 6.45) is -3.06. The molecule has 0 atom stereocenters. The van der Waals surface area contributed by atoms with Gasteiger partial charge in [0.25, 0.3) is 6.43 Å². The predicted molar refractivity (Wildman–Crippen MR) is 59.0 cm³/mol. The number of hydrogen-bond donors (Lipinski definition) is 0. The van der Waals surface area contributed by atoms with Gasteiger partial charge < -0.3 is 4.74 Å². The predicted octanol–water partition coefficient (Wildman–Crippen LogP) is 2.30. The van der Waals surface area contributed by atoms with Gasteiger partial charge >= 0.3 is 5.97 Å². The summed E-state index contributed by atoms with van der Waals surface area (Å²) in [5.41, 5.74) is -0.275. The number of aromatic nitrogens is 1. The van der Waals surface area contributed by atoms with Crippen LogP contribution in [0.25, 0.3) is 0 Å². The summed E-state index contributed by atoms with van der Waals surface area (Å²) >= 11 is 0. The van der Waals surface area contributed by atoms with Gasteiger partial charge in [-0.2, -0.15) is 5.26 Å².